The highest BCUT2D eigenvalue weighted by Gasteiger charge is 2.33. The topological polar surface area (TPSA) is 74.7 Å². The number of carboxylic acids is 1. The second kappa shape index (κ2) is 7.16. The molecule has 146 valence electrons. The van der Waals surface area contributed by atoms with Gasteiger partial charge in [-0.1, -0.05) is 36.4 Å². The molecule has 28 heavy (non-hydrogen) atoms. The predicted molar refractivity (Wildman–Crippen MR) is 97.6 cm³/mol. The summed E-state index contributed by atoms with van der Waals surface area (Å²) in [4.78, 5) is 11.0. The summed E-state index contributed by atoms with van der Waals surface area (Å²) < 4.78 is 65.6. The van der Waals surface area contributed by atoms with Gasteiger partial charge in [0.1, 0.15) is 6.54 Å². The summed E-state index contributed by atoms with van der Waals surface area (Å²) in [6.07, 6.45) is -4.70. The average Bonchev–Trinajstić information content (AvgIpc) is 2.65. The Balaban J connectivity index is 2.13. The second-order valence-electron chi connectivity index (χ2n) is 5.96. The van der Waals surface area contributed by atoms with Crippen LogP contribution in [0.25, 0.3) is 10.8 Å². The van der Waals surface area contributed by atoms with Crippen molar-refractivity contribution in [2.24, 2.45) is 0 Å². The van der Waals surface area contributed by atoms with Crippen molar-refractivity contribution in [3.05, 3.63) is 72.3 Å². The molecule has 5 nitrogen and oxygen atoms in total. The van der Waals surface area contributed by atoms with E-state index in [2.05, 4.69) is 0 Å². The molecule has 0 fully saturated rings. The van der Waals surface area contributed by atoms with Crippen molar-refractivity contribution in [3.8, 4) is 0 Å². The van der Waals surface area contributed by atoms with E-state index in [0.29, 0.717) is 15.8 Å². The minimum atomic E-state index is -4.70. The number of hydrogen-bond acceptors (Lipinski definition) is 3. The van der Waals surface area contributed by atoms with Crippen molar-refractivity contribution in [1.29, 1.82) is 0 Å². The normalized spacial score (nSPS) is 12.1. The van der Waals surface area contributed by atoms with E-state index in [1.165, 1.54) is 12.1 Å². The zero-order valence-corrected chi connectivity index (χ0v) is 15.0. The standard InChI is InChI=1S/C19H14F3NO4S/c20-19(21,22)15-6-3-7-16(11-15)23(12-18(24)25)28(26,27)17-9-8-13-4-1-2-5-14(13)10-17/h1-11H,12H2,(H,24,25). The molecule has 3 aromatic carbocycles. The fraction of sp³-hybridized carbons (Fsp3) is 0.105. The Morgan fingerprint density at radius 3 is 2.25 bits per heavy atom. The Kier molecular flexibility index (Phi) is 5.03. The quantitative estimate of drug-likeness (QED) is 0.687. The van der Waals surface area contributed by atoms with Crippen LogP contribution in [0.3, 0.4) is 0 Å². The maximum absolute atomic E-state index is 13.1. The first-order valence-electron chi connectivity index (χ1n) is 7.99. The Hall–Kier alpha value is -3.07. The van der Waals surface area contributed by atoms with Gasteiger partial charge in [-0.05, 0) is 41.1 Å². The SMILES string of the molecule is O=C(O)CN(c1cccc(C(F)(F)F)c1)S(=O)(=O)c1ccc2ccccc2c1. The number of hydrogen-bond donors (Lipinski definition) is 1. The maximum Gasteiger partial charge on any atom is 0.416 e. The van der Waals surface area contributed by atoms with Crippen molar-refractivity contribution in [1.82, 2.24) is 0 Å². The van der Waals surface area contributed by atoms with E-state index in [0.717, 1.165) is 23.6 Å². The molecule has 0 unspecified atom stereocenters. The van der Waals surface area contributed by atoms with Crippen molar-refractivity contribution < 1.29 is 31.5 Å². The van der Waals surface area contributed by atoms with Gasteiger partial charge < -0.3 is 5.11 Å². The Morgan fingerprint density at radius 1 is 0.929 bits per heavy atom. The molecule has 0 aliphatic heterocycles. The second-order valence-corrected chi connectivity index (χ2v) is 7.82. The van der Waals surface area contributed by atoms with Crippen LogP contribution in [0.2, 0.25) is 0 Å². The first-order valence-corrected chi connectivity index (χ1v) is 9.43. The molecule has 1 N–H and O–H groups in total. The highest BCUT2D eigenvalue weighted by Crippen LogP contribution is 2.33. The van der Waals surface area contributed by atoms with Crippen molar-refractivity contribution in [3.63, 3.8) is 0 Å². The van der Waals surface area contributed by atoms with Gasteiger partial charge in [0.15, 0.2) is 0 Å². The van der Waals surface area contributed by atoms with Crippen molar-refractivity contribution in [2.45, 2.75) is 11.1 Å². The van der Waals surface area contributed by atoms with Crippen LogP contribution in [-0.2, 0) is 21.0 Å². The van der Waals surface area contributed by atoms with E-state index in [1.807, 2.05) is 0 Å². The maximum atomic E-state index is 13.1. The summed E-state index contributed by atoms with van der Waals surface area (Å²) in [6.45, 7) is -1.02. The Bertz CT molecular complexity index is 1140. The monoisotopic (exact) mass is 409 g/mol. The molecular weight excluding hydrogens is 395 g/mol. The van der Waals surface area contributed by atoms with Gasteiger partial charge in [0, 0.05) is 0 Å². The van der Waals surface area contributed by atoms with Crippen LogP contribution < -0.4 is 4.31 Å². The van der Waals surface area contributed by atoms with Crippen LogP contribution in [0.1, 0.15) is 5.56 Å². The fourth-order valence-electron chi connectivity index (χ4n) is 2.73. The summed E-state index contributed by atoms with van der Waals surface area (Å²) >= 11 is 0. The van der Waals surface area contributed by atoms with Gasteiger partial charge in [-0.15, -0.1) is 0 Å². The number of benzene rings is 3. The lowest BCUT2D eigenvalue weighted by Gasteiger charge is -2.23. The van der Waals surface area contributed by atoms with Gasteiger partial charge in [-0.2, -0.15) is 13.2 Å². The summed E-state index contributed by atoms with van der Waals surface area (Å²) in [7, 11) is -4.42. The first-order chi connectivity index (χ1) is 13.1. The molecule has 0 radical (unpaired) electrons. The highest BCUT2D eigenvalue weighted by atomic mass is 32.2. The summed E-state index contributed by atoms with van der Waals surface area (Å²) in [5, 5.41) is 10.5. The van der Waals surface area contributed by atoms with Crippen LogP contribution in [0, 0.1) is 0 Å². The zero-order valence-electron chi connectivity index (χ0n) is 14.2. The highest BCUT2D eigenvalue weighted by molar-refractivity contribution is 7.92. The number of nitrogens with zero attached hydrogens (tertiary/aromatic N) is 1. The number of carboxylic acid groups (broad SMARTS) is 1. The number of halogens is 3. The lowest BCUT2D eigenvalue weighted by molar-refractivity contribution is -0.137. The number of anilines is 1. The Morgan fingerprint density at radius 2 is 1.61 bits per heavy atom. The number of carbonyl (C=O) groups is 1. The van der Waals surface area contributed by atoms with Gasteiger partial charge in [0.05, 0.1) is 16.1 Å². The molecular formula is C19H14F3NO4S. The molecule has 0 bridgehead atoms. The smallest absolute Gasteiger partial charge is 0.416 e. The first kappa shape index (κ1) is 19.7. The molecule has 0 spiro atoms. The third-order valence-corrected chi connectivity index (χ3v) is 5.82. The van der Waals surface area contributed by atoms with Crippen molar-refractivity contribution >= 4 is 32.5 Å². The molecule has 0 atom stereocenters. The van der Waals surface area contributed by atoms with Gasteiger partial charge in [-0.3, -0.25) is 9.10 Å². The van der Waals surface area contributed by atoms with Gasteiger partial charge in [-0.25, -0.2) is 8.42 Å². The molecule has 3 rings (SSSR count). The van der Waals surface area contributed by atoms with E-state index >= 15 is 0 Å². The zero-order chi connectivity index (χ0) is 20.5. The summed E-state index contributed by atoms with van der Waals surface area (Å²) in [5.41, 5.74) is -1.46. The summed E-state index contributed by atoms with van der Waals surface area (Å²) in [6, 6.07) is 14.7. The van der Waals surface area contributed by atoms with E-state index < -0.39 is 34.3 Å². The molecule has 9 heteroatoms. The lowest BCUT2D eigenvalue weighted by Crippen LogP contribution is -2.36. The third-order valence-electron chi connectivity index (χ3n) is 4.05. The van der Waals surface area contributed by atoms with Gasteiger partial charge in [0.2, 0.25) is 0 Å². The summed E-state index contributed by atoms with van der Waals surface area (Å²) in [5.74, 6) is -1.50. The fourth-order valence-corrected chi connectivity index (χ4v) is 4.17. The van der Waals surface area contributed by atoms with Crippen molar-refractivity contribution in [2.75, 3.05) is 10.8 Å². The number of alkyl halides is 3. The molecule has 0 heterocycles. The minimum Gasteiger partial charge on any atom is -0.480 e. The Labute approximate surface area is 158 Å². The number of aliphatic carboxylic acids is 1. The van der Waals surface area contributed by atoms with Crippen LogP contribution >= 0.6 is 0 Å². The lowest BCUT2D eigenvalue weighted by atomic mass is 10.1. The van der Waals surface area contributed by atoms with Crippen LogP contribution in [0.15, 0.2) is 71.6 Å². The van der Waals surface area contributed by atoms with Gasteiger partial charge in [0.25, 0.3) is 10.0 Å². The van der Waals surface area contributed by atoms with E-state index in [-0.39, 0.29) is 10.6 Å². The molecule has 0 saturated heterocycles. The number of rotatable bonds is 5. The third kappa shape index (κ3) is 3.94. The predicted octanol–water partition coefficient (Wildman–Crippen LogP) is 4.14. The number of fused-ring (bicyclic) bond motifs is 1. The molecule has 0 aliphatic rings. The van der Waals surface area contributed by atoms with E-state index in [4.69, 9.17) is 5.11 Å². The molecule has 0 aliphatic carbocycles. The van der Waals surface area contributed by atoms with Crippen LogP contribution in [-0.4, -0.2) is 26.0 Å². The van der Waals surface area contributed by atoms with Crippen LogP contribution in [0.4, 0.5) is 18.9 Å². The molecule has 0 saturated carbocycles. The largest absolute Gasteiger partial charge is 0.480 e. The molecule has 3 aromatic rings. The molecule has 0 amide bonds. The van der Waals surface area contributed by atoms with Gasteiger partial charge >= 0.3 is 12.1 Å². The molecule has 0 aromatic heterocycles. The van der Waals surface area contributed by atoms with E-state index in [1.54, 1.807) is 30.3 Å². The van der Waals surface area contributed by atoms with E-state index in [9.17, 15) is 26.4 Å². The minimum absolute atomic E-state index is 0.218. The van der Waals surface area contributed by atoms with Crippen LogP contribution in [0.5, 0.6) is 0 Å². The number of sulfonamides is 1. The average molecular weight is 409 g/mol.